The Labute approximate surface area is 123 Å². The van der Waals surface area contributed by atoms with Gasteiger partial charge in [-0.15, -0.1) is 11.3 Å². The fraction of sp³-hybridized carbons (Fsp3) is 0.615. The number of piperazine rings is 1. The van der Waals surface area contributed by atoms with E-state index in [1.807, 2.05) is 13.0 Å². The van der Waals surface area contributed by atoms with Crippen molar-refractivity contribution in [1.29, 1.82) is 0 Å². The molecule has 1 fully saturated rings. The van der Waals surface area contributed by atoms with Crippen LogP contribution in [0.2, 0.25) is 4.34 Å². The van der Waals surface area contributed by atoms with Crippen LogP contribution >= 0.6 is 22.9 Å². The van der Waals surface area contributed by atoms with Gasteiger partial charge in [0.25, 0.3) is 5.91 Å². The van der Waals surface area contributed by atoms with Gasteiger partial charge in [-0.25, -0.2) is 0 Å². The lowest BCUT2D eigenvalue weighted by molar-refractivity contribution is -1.02. The SMILES string of the molecule is CNC(=O)[C@@H](C)[NH+]1CC[NH+](Cc2ccc(Cl)s2)CC1. The van der Waals surface area contributed by atoms with E-state index in [9.17, 15) is 4.79 Å². The Morgan fingerprint density at radius 3 is 2.63 bits per heavy atom. The average Bonchev–Trinajstić information content (AvgIpc) is 2.83. The highest BCUT2D eigenvalue weighted by Crippen LogP contribution is 2.20. The Bertz CT molecular complexity index is 429. The summed E-state index contributed by atoms with van der Waals surface area (Å²) in [6.07, 6.45) is 0. The van der Waals surface area contributed by atoms with Crippen molar-refractivity contribution in [2.45, 2.75) is 19.5 Å². The molecular weight excluding hydrogens is 282 g/mol. The molecule has 6 heteroatoms. The van der Waals surface area contributed by atoms with Crippen LogP contribution in [0.25, 0.3) is 0 Å². The Kier molecular flexibility index (Phi) is 5.21. The first-order chi connectivity index (χ1) is 9.10. The molecule has 1 aliphatic rings. The number of carbonyl (C=O) groups excluding carboxylic acids is 1. The molecule has 1 aliphatic heterocycles. The largest absolute Gasteiger partial charge is 0.354 e. The standard InChI is InChI=1S/C13H20ClN3OS/c1-10(13(18)15-2)17-7-5-16(6-8-17)9-11-3-4-12(14)19-11/h3-4,10H,5-9H2,1-2H3,(H,15,18)/p+2/t10-/m1/s1. The molecule has 0 radical (unpaired) electrons. The van der Waals surface area contributed by atoms with E-state index >= 15 is 0 Å². The van der Waals surface area contributed by atoms with Crippen molar-refractivity contribution in [3.8, 4) is 0 Å². The molecule has 1 aromatic rings. The van der Waals surface area contributed by atoms with Gasteiger partial charge in [0.2, 0.25) is 0 Å². The molecular formula is C13H22ClN3OS+2. The van der Waals surface area contributed by atoms with Crippen LogP contribution in [0.4, 0.5) is 0 Å². The Morgan fingerprint density at radius 1 is 1.42 bits per heavy atom. The summed E-state index contributed by atoms with van der Waals surface area (Å²) in [5.41, 5.74) is 0. The molecule has 0 bridgehead atoms. The lowest BCUT2D eigenvalue weighted by Gasteiger charge is -2.32. The van der Waals surface area contributed by atoms with E-state index in [1.54, 1.807) is 23.3 Å². The maximum Gasteiger partial charge on any atom is 0.277 e. The monoisotopic (exact) mass is 303 g/mol. The Balaban J connectivity index is 1.80. The number of likely N-dealkylation sites (N-methyl/N-ethyl adjacent to an activating group) is 1. The third kappa shape index (κ3) is 3.92. The van der Waals surface area contributed by atoms with Crippen molar-refractivity contribution in [1.82, 2.24) is 5.32 Å². The number of quaternary nitrogens is 2. The average molecular weight is 304 g/mol. The molecule has 0 spiro atoms. The van der Waals surface area contributed by atoms with Gasteiger partial charge >= 0.3 is 0 Å². The lowest BCUT2D eigenvalue weighted by atomic mass is 10.2. The number of rotatable bonds is 4. The first kappa shape index (κ1) is 14.8. The normalized spacial score (nSPS) is 25.0. The molecule has 1 amide bonds. The summed E-state index contributed by atoms with van der Waals surface area (Å²) in [5, 5.41) is 2.74. The summed E-state index contributed by atoms with van der Waals surface area (Å²) in [5.74, 6) is 0.142. The van der Waals surface area contributed by atoms with Gasteiger partial charge in [-0.1, -0.05) is 11.6 Å². The highest BCUT2D eigenvalue weighted by molar-refractivity contribution is 7.16. The van der Waals surface area contributed by atoms with Gasteiger partial charge < -0.3 is 15.1 Å². The summed E-state index contributed by atoms with van der Waals surface area (Å²) in [7, 11) is 1.71. The quantitative estimate of drug-likeness (QED) is 0.644. The molecule has 3 N–H and O–H groups in total. The molecule has 0 aliphatic carbocycles. The first-order valence-electron chi connectivity index (χ1n) is 6.74. The van der Waals surface area contributed by atoms with Crippen LogP contribution in [0.3, 0.4) is 0 Å². The van der Waals surface area contributed by atoms with E-state index in [4.69, 9.17) is 11.6 Å². The molecule has 1 atom stereocenters. The van der Waals surface area contributed by atoms with E-state index in [1.165, 1.54) is 9.78 Å². The van der Waals surface area contributed by atoms with Crippen LogP contribution < -0.4 is 15.1 Å². The molecule has 19 heavy (non-hydrogen) atoms. The van der Waals surface area contributed by atoms with E-state index in [0.717, 1.165) is 37.1 Å². The molecule has 1 saturated heterocycles. The van der Waals surface area contributed by atoms with Gasteiger partial charge in [0.05, 0.1) is 9.21 Å². The second-order valence-electron chi connectivity index (χ2n) is 5.13. The van der Waals surface area contributed by atoms with Gasteiger partial charge in [-0.3, -0.25) is 4.79 Å². The number of hydrogen-bond donors (Lipinski definition) is 3. The first-order valence-corrected chi connectivity index (χ1v) is 7.93. The minimum Gasteiger partial charge on any atom is -0.354 e. The fourth-order valence-electron chi connectivity index (χ4n) is 2.63. The van der Waals surface area contributed by atoms with Crippen LogP contribution in [0.1, 0.15) is 11.8 Å². The summed E-state index contributed by atoms with van der Waals surface area (Å²) < 4.78 is 0.868. The summed E-state index contributed by atoms with van der Waals surface area (Å²) >= 11 is 7.63. The van der Waals surface area contributed by atoms with Crippen LogP contribution in [0, 0.1) is 0 Å². The molecule has 1 aromatic heterocycles. The number of hydrogen-bond acceptors (Lipinski definition) is 2. The van der Waals surface area contributed by atoms with Crippen LogP contribution in [-0.2, 0) is 11.3 Å². The van der Waals surface area contributed by atoms with E-state index in [-0.39, 0.29) is 11.9 Å². The second kappa shape index (κ2) is 6.70. The molecule has 4 nitrogen and oxygen atoms in total. The van der Waals surface area contributed by atoms with E-state index in [2.05, 4.69) is 11.4 Å². The minimum atomic E-state index is 0.0581. The van der Waals surface area contributed by atoms with Crippen molar-refractivity contribution >= 4 is 28.8 Å². The lowest BCUT2D eigenvalue weighted by Crippen LogP contribution is -3.29. The number of carbonyl (C=O) groups is 1. The van der Waals surface area contributed by atoms with E-state index < -0.39 is 0 Å². The van der Waals surface area contributed by atoms with Crippen molar-refractivity contribution in [3.05, 3.63) is 21.3 Å². The third-order valence-corrected chi connectivity index (χ3v) is 5.14. The zero-order valence-corrected chi connectivity index (χ0v) is 13.0. The van der Waals surface area contributed by atoms with Crippen LogP contribution in [0.15, 0.2) is 12.1 Å². The predicted molar refractivity (Wildman–Crippen MR) is 78.0 cm³/mol. The van der Waals surface area contributed by atoms with Gasteiger partial charge in [-0.05, 0) is 19.1 Å². The highest BCUT2D eigenvalue weighted by Gasteiger charge is 2.30. The van der Waals surface area contributed by atoms with Crippen LogP contribution in [0.5, 0.6) is 0 Å². The molecule has 106 valence electrons. The van der Waals surface area contributed by atoms with E-state index in [0.29, 0.717) is 0 Å². The minimum absolute atomic E-state index is 0.0581. The zero-order valence-electron chi connectivity index (χ0n) is 11.5. The van der Waals surface area contributed by atoms with Crippen molar-refractivity contribution in [2.24, 2.45) is 0 Å². The highest BCUT2D eigenvalue weighted by atomic mass is 35.5. The summed E-state index contributed by atoms with van der Waals surface area (Å²) in [4.78, 5) is 16.0. The molecule has 2 heterocycles. The number of thiophene rings is 1. The topological polar surface area (TPSA) is 38.0 Å². The molecule has 0 saturated carbocycles. The number of halogens is 1. The van der Waals surface area contributed by atoms with Crippen molar-refractivity contribution in [3.63, 3.8) is 0 Å². The zero-order chi connectivity index (χ0) is 13.8. The van der Waals surface area contributed by atoms with Crippen molar-refractivity contribution < 1.29 is 14.6 Å². The summed E-state index contributed by atoms with van der Waals surface area (Å²) in [6, 6.07) is 4.14. The van der Waals surface area contributed by atoms with Gasteiger partial charge in [0.15, 0.2) is 6.04 Å². The second-order valence-corrected chi connectivity index (χ2v) is 6.93. The summed E-state index contributed by atoms with van der Waals surface area (Å²) in [6.45, 7) is 7.42. The maximum atomic E-state index is 11.6. The van der Waals surface area contributed by atoms with Gasteiger partial charge in [0, 0.05) is 7.05 Å². The van der Waals surface area contributed by atoms with Crippen molar-refractivity contribution in [2.75, 3.05) is 33.2 Å². The maximum absolute atomic E-state index is 11.6. The fourth-order valence-corrected chi connectivity index (χ4v) is 3.79. The smallest absolute Gasteiger partial charge is 0.277 e. The molecule has 2 rings (SSSR count). The predicted octanol–water partition coefficient (Wildman–Crippen LogP) is -1.18. The number of nitrogens with one attached hydrogen (secondary N) is 3. The molecule has 0 unspecified atom stereocenters. The van der Waals surface area contributed by atoms with Gasteiger partial charge in [0.1, 0.15) is 32.7 Å². The van der Waals surface area contributed by atoms with Gasteiger partial charge in [-0.2, -0.15) is 0 Å². The number of amides is 1. The van der Waals surface area contributed by atoms with Crippen LogP contribution in [-0.4, -0.2) is 45.2 Å². The molecule has 0 aromatic carbocycles. The Morgan fingerprint density at radius 2 is 2.11 bits per heavy atom. The Hall–Kier alpha value is -0.620. The third-order valence-electron chi connectivity index (χ3n) is 3.90.